The van der Waals surface area contributed by atoms with E-state index in [2.05, 4.69) is 27.7 Å². The highest BCUT2D eigenvalue weighted by Gasteiger charge is 2.61. The molecule has 0 aromatic rings. The minimum Gasteiger partial charge on any atom is -0.387 e. The van der Waals surface area contributed by atoms with Crippen molar-refractivity contribution < 1.29 is 0 Å². The molecule has 0 saturated heterocycles. The first kappa shape index (κ1) is 28.5. The van der Waals surface area contributed by atoms with Crippen molar-refractivity contribution in [2.45, 2.75) is 105 Å². The summed E-state index contributed by atoms with van der Waals surface area (Å²) < 4.78 is 0. The van der Waals surface area contributed by atoms with Gasteiger partial charge in [-0.2, -0.15) is 0 Å². The number of halogens is 1. The Kier molecular flexibility index (Phi) is 7.31. The summed E-state index contributed by atoms with van der Waals surface area (Å²) in [5, 5.41) is 0. The van der Waals surface area contributed by atoms with E-state index in [1.165, 1.54) is 77.0 Å². The van der Waals surface area contributed by atoms with Gasteiger partial charge < -0.3 is 11.5 Å². The van der Waals surface area contributed by atoms with Gasteiger partial charge in [0.1, 0.15) is 11.7 Å². The van der Waals surface area contributed by atoms with Crippen LogP contribution in [-0.4, -0.2) is 36.3 Å². The molecule has 210 valence electrons. The molecule has 8 bridgehead atoms. The first-order chi connectivity index (χ1) is 16.8. The van der Waals surface area contributed by atoms with E-state index < -0.39 is 0 Å². The highest BCUT2D eigenvalue weighted by atomic mass is 35.5. The lowest BCUT2D eigenvalue weighted by molar-refractivity contribution is -0.140. The molecular formula is C30H51ClN4S2. The van der Waals surface area contributed by atoms with E-state index in [1.807, 2.05) is 0 Å². The van der Waals surface area contributed by atoms with Gasteiger partial charge in [-0.05, 0) is 121 Å². The molecule has 0 radical (unpaired) electrons. The first-order valence-corrected chi connectivity index (χ1v) is 17.1. The van der Waals surface area contributed by atoms with Gasteiger partial charge in [0.2, 0.25) is 0 Å². The maximum Gasteiger partial charge on any atom is 0.105 e. The Balaban J connectivity index is 0.00000280. The Labute approximate surface area is 240 Å². The lowest BCUT2D eigenvalue weighted by Gasteiger charge is -2.65. The molecule has 0 heterocycles. The predicted octanol–water partition coefficient (Wildman–Crippen LogP) is 7.50. The number of hydrogen-bond donors (Lipinski definition) is 2. The standard InChI is InChI=1S/C30H50N4S2.ClH/c1-25-5-21-6-26(2,13-25)16-29(9-21,15-25)19-33-23(31)11-35-36-12-24(32)34-20-30-10-22-7-27(3,17-30)14-28(4,8-22)18-30;/h21-22H,5-20H2,1-4H3,(H2,31,33)(H2,32,34);1H. The van der Waals surface area contributed by atoms with Crippen LogP contribution in [0.15, 0.2) is 9.98 Å². The maximum absolute atomic E-state index is 6.39. The van der Waals surface area contributed by atoms with Crippen molar-refractivity contribution in [3.05, 3.63) is 0 Å². The van der Waals surface area contributed by atoms with Crippen LogP contribution in [0.3, 0.4) is 0 Å². The number of nitrogens with zero attached hydrogens (tertiary/aromatic N) is 2. The van der Waals surface area contributed by atoms with Crippen LogP contribution in [0, 0.1) is 44.3 Å². The van der Waals surface area contributed by atoms with Crippen LogP contribution >= 0.6 is 34.0 Å². The number of amidine groups is 2. The Morgan fingerprint density at radius 1 is 0.595 bits per heavy atom. The summed E-state index contributed by atoms with van der Waals surface area (Å²) in [6.07, 6.45) is 16.8. The lowest BCUT2D eigenvalue weighted by atomic mass is 9.40. The Bertz CT molecular complexity index is 853. The smallest absolute Gasteiger partial charge is 0.105 e. The van der Waals surface area contributed by atoms with Crippen LogP contribution in [-0.2, 0) is 0 Å². The summed E-state index contributed by atoms with van der Waals surface area (Å²) >= 11 is 0. The van der Waals surface area contributed by atoms with E-state index >= 15 is 0 Å². The zero-order valence-corrected chi connectivity index (χ0v) is 26.2. The lowest BCUT2D eigenvalue weighted by Crippen LogP contribution is -2.56. The summed E-state index contributed by atoms with van der Waals surface area (Å²) in [6.45, 7) is 12.0. The third-order valence-electron chi connectivity index (χ3n) is 11.2. The SMILES string of the molecule is CC12CC3CC(C)(C1)CC(CN=C(N)CSSCC(N)=NCC14CC5CC(C)(CC(C)(C5)C1)C4)(C3)C2.Cl. The van der Waals surface area contributed by atoms with Gasteiger partial charge >= 0.3 is 0 Å². The molecule has 0 aromatic heterocycles. The third kappa shape index (κ3) is 5.73. The molecule has 4 atom stereocenters. The molecular weight excluding hydrogens is 516 g/mol. The molecule has 8 fully saturated rings. The molecule has 4 nitrogen and oxygen atoms in total. The van der Waals surface area contributed by atoms with Crippen LogP contribution in [0.4, 0.5) is 0 Å². The van der Waals surface area contributed by atoms with E-state index in [0.29, 0.717) is 32.5 Å². The summed E-state index contributed by atoms with van der Waals surface area (Å²) in [4.78, 5) is 9.89. The second-order valence-electron chi connectivity index (χ2n) is 16.4. The Morgan fingerprint density at radius 3 is 1.22 bits per heavy atom. The molecule has 8 rings (SSSR count). The van der Waals surface area contributed by atoms with Gasteiger partial charge in [-0.25, -0.2) is 0 Å². The minimum absolute atomic E-state index is 0. The van der Waals surface area contributed by atoms with Crippen molar-refractivity contribution in [3.63, 3.8) is 0 Å². The second-order valence-corrected chi connectivity index (χ2v) is 18.9. The van der Waals surface area contributed by atoms with Gasteiger partial charge in [-0.1, -0.05) is 49.3 Å². The summed E-state index contributed by atoms with van der Waals surface area (Å²) in [5.74, 6) is 5.03. The van der Waals surface area contributed by atoms with Gasteiger partial charge in [-0.15, -0.1) is 12.4 Å². The highest BCUT2D eigenvalue weighted by molar-refractivity contribution is 8.77. The first-order valence-electron chi connectivity index (χ1n) is 14.6. The van der Waals surface area contributed by atoms with Gasteiger partial charge in [0.15, 0.2) is 0 Å². The number of nitrogens with two attached hydrogens (primary N) is 2. The number of hydrogen-bond acceptors (Lipinski definition) is 4. The fourth-order valence-corrected chi connectivity index (χ4v) is 14.4. The Morgan fingerprint density at radius 2 is 0.919 bits per heavy atom. The number of aliphatic imine (C=N–C) groups is 2. The van der Waals surface area contributed by atoms with Crippen LogP contribution in [0.25, 0.3) is 0 Å². The summed E-state index contributed by atoms with van der Waals surface area (Å²) in [5.41, 5.74) is 15.8. The normalized spacial score (nSPS) is 49.9. The molecule has 8 saturated carbocycles. The van der Waals surface area contributed by atoms with Crippen molar-refractivity contribution in [1.29, 1.82) is 0 Å². The molecule has 0 amide bonds. The van der Waals surface area contributed by atoms with Crippen molar-refractivity contribution in [2.75, 3.05) is 24.6 Å². The average molecular weight is 567 g/mol. The highest BCUT2D eigenvalue weighted by Crippen LogP contribution is 2.70. The van der Waals surface area contributed by atoms with Gasteiger partial charge in [0, 0.05) is 13.1 Å². The monoisotopic (exact) mass is 566 g/mol. The average Bonchev–Trinajstić information content (AvgIpc) is 2.69. The molecule has 4 N–H and O–H groups in total. The summed E-state index contributed by atoms with van der Waals surface area (Å²) in [6, 6.07) is 0. The maximum atomic E-state index is 6.39. The Hall–Kier alpha value is -0.0700. The predicted molar refractivity (Wildman–Crippen MR) is 165 cm³/mol. The molecule has 0 aromatic carbocycles. The molecule has 7 heteroatoms. The van der Waals surface area contributed by atoms with E-state index in [9.17, 15) is 0 Å². The van der Waals surface area contributed by atoms with Crippen LogP contribution in [0.1, 0.15) is 105 Å². The van der Waals surface area contributed by atoms with Crippen molar-refractivity contribution in [2.24, 2.45) is 65.8 Å². The molecule has 8 aliphatic carbocycles. The zero-order valence-electron chi connectivity index (χ0n) is 23.7. The van der Waals surface area contributed by atoms with Crippen molar-refractivity contribution in [3.8, 4) is 0 Å². The summed E-state index contributed by atoms with van der Waals surface area (Å²) in [7, 11) is 3.58. The van der Waals surface area contributed by atoms with E-state index in [-0.39, 0.29) is 12.4 Å². The van der Waals surface area contributed by atoms with E-state index in [1.54, 1.807) is 21.6 Å². The molecule has 8 aliphatic rings. The quantitative estimate of drug-likeness (QED) is 0.131. The molecule has 4 unspecified atom stereocenters. The van der Waals surface area contributed by atoms with Gasteiger partial charge in [0.05, 0.1) is 11.5 Å². The van der Waals surface area contributed by atoms with Gasteiger partial charge in [0.25, 0.3) is 0 Å². The van der Waals surface area contributed by atoms with E-state index in [0.717, 1.165) is 48.1 Å². The minimum atomic E-state index is 0. The largest absolute Gasteiger partial charge is 0.387 e. The fourth-order valence-electron chi connectivity index (χ4n) is 12.6. The van der Waals surface area contributed by atoms with Gasteiger partial charge in [-0.3, -0.25) is 9.98 Å². The van der Waals surface area contributed by atoms with Crippen LogP contribution in [0.2, 0.25) is 0 Å². The zero-order chi connectivity index (χ0) is 25.5. The third-order valence-corrected chi connectivity index (χ3v) is 13.4. The molecule has 0 spiro atoms. The van der Waals surface area contributed by atoms with Crippen molar-refractivity contribution >= 4 is 45.7 Å². The second kappa shape index (κ2) is 9.50. The molecule has 0 aliphatic heterocycles. The molecule has 37 heavy (non-hydrogen) atoms. The van der Waals surface area contributed by atoms with Crippen molar-refractivity contribution in [1.82, 2.24) is 0 Å². The fraction of sp³-hybridized carbons (Fsp3) is 0.933. The van der Waals surface area contributed by atoms with Crippen LogP contribution in [0.5, 0.6) is 0 Å². The van der Waals surface area contributed by atoms with E-state index in [4.69, 9.17) is 21.5 Å². The van der Waals surface area contributed by atoms with Crippen LogP contribution < -0.4 is 11.5 Å². The number of rotatable bonds is 9. The topological polar surface area (TPSA) is 76.8 Å².